The molecule has 0 saturated heterocycles. The maximum absolute atomic E-state index is 7.43. The Morgan fingerprint density at radius 2 is 1.92 bits per heavy atom. The van der Waals surface area contributed by atoms with Crippen LogP contribution in [-0.4, -0.2) is 21.6 Å². The van der Waals surface area contributed by atoms with E-state index in [-0.39, 0.29) is 11.7 Å². The summed E-state index contributed by atoms with van der Waals surface area (Å²) in [6.45, 7) is 1.57. The number of hydrogen-bond acceptors (Lipinski definition) is 4. The Hall–Kier alpha value is -1.78. The Morgan fingerprint density at radius 3 is 2.42 bits per heavy atom. The van der Waals surface area contributed by atoms with Gasteiger partial charge in [0, 0.05) is 12.4 Å². The molecule has 0 aliphatic heterocycles. The van der Waals surface area contributed by atoms with Crippen LogP contribution in [0.1, 0.15) is 12.5 Å². The number of amidine groups is 2. The van der Waals surface area contributed by atoms with Crippen molar-refractivity contribution in [3.63, 3.8) is 0 Å². The molecule has 0 saturated carbocycles. The van der Waals surface area contributed by atoms with Crippen LogP contribution in [0.3, 0.4) is 0 Å². The van der Waals surface area contributed by atoms with Gasteiger partial charge in [0.15, 0.2) is 0 Å². The minimum atomic E-state index is 0.142. The van der Waals surface area contributed by atoms with E-state index in [4.69, 9.17) is 10.8 Å². The number of nitrogens with zero attached hydrogens (tertiary/aromatic N) is 2. The molecule has 1 aromatic rings. The van der Waals surface area contributed by atoms with Gasteiger partial charge in [0.1, 0.15) is 12.2 Å². The van der Waals surface area contributed by atoms with Gasteiger partial charge >= 0.3 is 0 Å². The fraction of sp³-hybridized carbons (Fsp3) is 0.143. The second-order valence-corrected chi connectivity index (χ2v) is 2.25. The molecular formula is C7H9N5. The summed E-state index contributed by atoms with van der Waals surface area (Å²) in [6, 6.07) is 0. The number of rotatable bonds is 1. The highest BCUT2D eigenvalue weighted by atomic mass is 15.0. The Bertz CT molecular complexity index is 292. The van der Waals surface area contributed by atoms with Crippen molar-refractivity contribution in [3.8, 4) is 0 Å². The molecule has 5 nitrogen and oxygen atoms in total. The highest BCUT2D eigenvalue weighted by Crippen LogP contribution is 1.91. The average Bonchev–Trinajstić information content (AvgIpc) is 2.05. The van der Waals surface area contributed by atoms with Crippen LogP contribution in [0.4, 0.5) is 0 Å². The van der Waals surface area contributed by atoms with Crippen LogP contribution in [0.2, 0.25) is 0 Å². The summed E-state index contributed by atoms with van der Waals surface area (Å²) in [4.78, 5) is 7.50. The zero-order valence-corrected chi connectivity index (χ0v) is 6.63. The standard InChI is InChI=1S/C7H9N5/c1-5(8)12-7(9)6-2-10-4-11-3-6/h2-4H,1H3,(H3,8,9,12). The fourth-order valence-electron chi connectivity index (χ4n) is 0.688. The highest BCUT2D eigenvalue weighted by molar-refractivity contribution is 6.05. The van der Waals surface area contributed by atoms with E-state index >= 15 is 0 Å². The zero-order valence-electron chi connectivity index (χ0n) is 6.63. The van der Waals surface area contributed by atoms with Crippen LogP contribution < -0.4 is 5.32 Å². The van der Waals surface area contributed by atoms with Gasteiger partial charge in [-0.2, -0.15) is 0 Å². The largest absolute Gasteiger partial charge is 0.329 e. The Labute approximate surface area is 69.9 Å². The summed E-state index contributed by atoms with van der Waals surface area (Å²) < 4.78 is 0. The average molecular weight is 163 g/mol. The SMILES string of the molecule is CC(=N)NC(=N)c1cncnc1. The second kappa shape index (κ2) is 3.56. The summed E-state index contributed by atoms with van der Waals surface area (Å²) in [7, 11) is 0. The fourth-order valence-corrected chi connectivity index (χ4v) is 0.688. The topological polar surface area (TPSA) is 85.5 Å². The molecule has 3 N–H and O–H groups in total. The Kier molecular flexibility index (Phi) is 2.47. The third-order valence-corrected chi connectivity index (χ3v) is 1.16. The third-order valence-electron chi connectivity index (χ3n) is 1.16. The summed E-state index contributed by atoms with van der Waals surface area (Å²) in [5.41, 5.74) is 0.573. The van der Waals surface area contributed by atoms with Crippen molar-refractivity contribution in [2.75, 3.05) is 0 Å². The van der Waals surface area contributed by atoms with Gasteiger partial charge in [-0.1, -0.05) is 0 Å². The van der Waals surface area contributed by atoms with Crippen LogP contribution in [0.15, 0.2) is 18.7 Å². The van der Waals surface area contributed by atoms with Gasteiger partial charge < -0.3 is 5.32 Å². The van der Waals surface area contributed by atoms with E-state index in [0.717, 1.165) is 0 Å². The number of hydrogen-bond donors (Lipinski definition) is 3. The van der Waals surface area contributed by atoms with Crippen molar-refractivity contribution < 1.29 is 0 Å². The van der Waals surface area contributed by atoms with Gasteiger partial charge in [0.2, 0.25) is 0 Å². The van der Waals surface area contributed by atoms with Crippen molar-refractivity contribution >= 4 is 11.7 Å². The van der Waals surface area contributed by atoms with Crippen LogP contribution >= 0.6 is 0 Å². The summed E-state index contributed by atoms with van der Waals surface area (Å²) in [5.74, 6) is 0.368. The predicted octanol–water partition coefficient (Wildman–Crippen LogP) is 0.389. The van der Waals surface area contributed by atoms with Gasteiger partial charge in [0.05, 0.1) is 11.4 Å². The van der Waals surface area contributed by atoms with Crippen LogP contribution in [-0.2, 0) is 0 Å². The lowest BCUT2D eigenvalue weighted by atomic mass is 10.3. The molecule has 5 heteroatoms. The summed E-state index contributed by atoms with van der Waals surface area (Å²) in [6.07, 6.45) is 4.44. The summed E-state index contributed by atoms with van der Waals surface area (Å²) in [5, 5.41) is 17.1. The Morgan fingerprint density at radius 1 is 1.33 bits per heavy atom. The van der Waals surface area contributed by atoms with Crippen molar-refractivity contribution in [3.05, 3.63) is 24.3 Å². The van der Waals surface area contributed by atoms with Gasteiger partial charge in [-0.15, -0.1) is 0 Å². The molecule has 1 aromatic heterocycles. The highest BCUT2D eigenvalue weighted by Gasteiger charge is 1.99. The molecule has 0 aliphatic carbocycles. The van der Waals surface area contributed by atoms with Gasteiger partial charge in [0.25, 0.3) is 0 Å². The molecule has 0 spiro atoms. The molecule has 12 heavy (non-hydrogen) atoms. The van der Waals surface area contributed by atoms with E-state index in [1.54, 1.807) is 6.92 Å². The normalized spacial score (nSPS) is 9.08. The quantitative estimate of drug-likeness (QED) is 0.413. The third kappa shape index (κ3) is 2.12. The number of aromatic nitrogens is 2. The first kappa shape index (κ1) is 8.32. The van der Waals surface area contributed by atoms with E-state index < -0.39 is 0 Å². The molecule has 62 valence electrons. The molecular weight excluding hydrogens is 154 g/mol. The monoisotopic (exact) mass is 163 g/mol. The van der Waals surface area contributed by atoms with E-state index in [1.165, 1.54) is 18.7 Å². The smallest absolute Gasteiger partial charge is 0.133 e. The van der Waals surface area contributed by atoms with Crippen molar-refractivity contribution in [1.82, 2.24) is 15.3 Å². The van der Waals surface area contributed by atoms with E-state index in [2.05, 4.69) is 15.3 Å². The molecule has 0 unspecified atom stereocenters. The first-order chi connectivity index (χ1) is 5.70. The van der Waals surface area contributed by atoms with E-state index in [9.17, 15) is 0 Å². The molecule has 1 rings (SSSR count). The lowest BCUT2D eigenvalue weighted by molar-refractivity contribution is 1.13. The van der Waals surface area contributed by atoms with E-state index in [0.29, 0.717) is 5.56 Å². The van der Waals surface area contributed by atoms with Crippen LogP contribution in [0, 0.1) is 10.8 Å². The van der Waals surface area contributed by atoms with Crippen LogP contribution in [0.25, 0.3) is 0 Å². The maximum atomic E-state index is 7.43. The molecule has 1 heterocycles. The van der Waals surface area contributed by atoms with Crippen molar-refractivity contribution in [2.45, 2.75) is 6.92 Å². The van der Waals surface area contributed by atoms with Crippen LogP contribution in [0.5, 0.6) is 0 Å². The minimum absolute atomic E-state index is 0.142. The molecule has 0 aromatic carbocycles. The lowest BCUT2D eigenvalue weighted by Gasteiger charge is -2.03. The number of nitrogens with one attached hydrogen (secondary N) is 3. The van der Waals surface area contributed by atoms with Gasteiger partial charge in [-0.25, -0.2) is 9.97 Å². The zero-order chi connectivity index (χ0) is 8.97. The van der Waals surface area contributed by atoms with Crippen molar-refractivity contribution in [1.29, 1.82) is 10.8 Å². The van der Waals surface area contributed by atoms with Gasteiger partial charge in [-0.3, -0.25) is 10.8 Å². The minimum Gasteiger partial charge on any atom is -0.329 e. The molecule has 0 amide bonds. The summed E-state index contributed by atoms with van der Waals surface area (Å²) >= 11 is 0. The molecule has 0 bridgehead atoms. The van der Waals surface area contributed by atoms with E-state index in [1.807, 2.05) is 0 Å². The first-order valence-corrected chi connectivity index (χ1v) is 3.36. The Balaban J connectivity index is 2.73. The maximum Gasteiger partial charge on any atom is 0.133 e. The lowest BCUT2D eigenvalue weighted by Crippen LogP contribution is -2.27. The first-order valence-electron chi connectivity index (χ1n) is 3.36. The molecule has 0 aliphatic rings. The molecule has 0 fully saturated rings. The predicted molar refractivity (Wildman–Crippen MR) is 45.4 cm³/mol. The van der Waals surface area contributed by atoms with Crippen molar-refractivity contribution in [2.24, 2.45) is 0 Å². The molecule has 0 atom stereocenters. The van der Waals surface area contributed by atoms with Gasteiger partial charge in [-0.05, 0) is 6.92 Å². The molecule has 0 radical (unpaired) electrons. The second-order valence-electron chi connectivity index (χ2n) is 2.25.